The van der Waals surface area contributed by atoms with Gasteiger partial charge in [-0.2, -0.15) is 0 Å². The molecule has 1 aromatic rings. The number of aryl methyl sites for hydroxylation is 1. The number of carboxylic acid groups (broad SMARTS) is 1. The first-order chi connectivity index (χ1) is 8.55. The molecule has 2 rings (SSSR count). The van der Waals surface area contributed by atoms with Gasteiger partial charge in [0.15, 0.2) is 0 Å². The molecule has 1 aliphatic rings. The Bertz CT molecular complexity index is 414. The molecule has 0 unspecified atom stereocenters. The summed E-state index contributed by atoms with van der Waals surface area (Å²) >= 11 is 0. The summed E-state index contributed by atoms with van der Waals surface area (Å²) in [5.41, 5.74) is 1.34. The molecule has 98 valence electrons. The zero-order chi connectivity index (χ0) is 13.2. The highest BCUT2D eigenvalue weighted by atomic mass is 16.4. The van der Waals surface area contributed by atoms with E-state index in [2.05, 4.69) is 6.92 Å². The second-order valence-corrected chi connectivity index (χ2v) is 5.19. The maximum absolute atomic E-state index is 10.9. The molecule has 0 radical (unpaired) electrons. The van der Waals surface area contributed by atoms with Gasteiger partial charge < -0.3 is 10.2 Å². The van der Waals surface area contributed by atoms with Crippen molar-refractivity contribution in [1.82, 2.24) is 0 Å². The van der Waals surface area contributed by atoms with Crippen LogP contribution in [-0.2, 0) is 16.8 Å². The van der Waals surface area contributed by atoms with Crippen molar-refractivity contribution < 1.29 is 15.0 Å². The van der Waals surface area contributed by atoms with Crippen molar-refractivity contribution in [1.29, 1.82) is 0 Å². The second kappa shape index (κ2) is 5.11. The minimum atomic E-state index is -0.835. The molecule has 3 heteroatoms. The predicted octanol–water partition coefficient (Wildman–Crippen LogP) is 2.71. The van der Waals surface area contributed by atoms with Crippen LogP contribution in [0.2, 0.25) is 0 Å². The zero-order valence-electron chi connectivity index (χ0n) is 10.7. The molecule has 0 spiro atoms. The Balaban J connectivity index is 2.10. The lowest BCUT2D eigenvalue weighted by Crippen LogP contribution is -2.33. The molecule has 0 atom stereocenters. The summed E-state index contributed by atoms with van der Waals surface area (Å²) in [6.45, 7) is 2.10. The molecule has 0 amide bonds. The summed E-state index contributed by atoms with van der Waals surface area (Å²) in [7, 11) is 0. The molecular weight excluding hydrogens is 228 g/mol. The van der Waals surface area contributed by atoms with Crippen LogP contribution in [0.1, 0.15) is 43.7 Å². The molecule has 1 saturated carbocycles. The van der Waals surface area contributed by atoms with E-state index >= 15 is 0 Å². The molecule has 0 bridgehead atoms. The number of rotatable bonds is 3. The van der Waals surface area contributed by atoms with Crippen molar-refractivity contribution in [2.45, 2.75) is 44.6 Å². The molecule has 18 heavy (non-hydrogen) atoms. The number of carboxylic acids is 1. The van der Waals surface area contributed by atoms with Crippen molar-refractivity contribution in [2.24, 2.45) is 5.92 Å². The van der Waals surface area contributed by atoms with E-state index < -0.39 is 11.6 Å². The summed E-state index contributed by atoms with van der Waals surface area (Å²) < 4.78 is 0. The van der Waals surface area contributed by atoms with Crippen LogP contribution in [0, 0.1) is 5.92 Å². The number of aliphatic carboxylic acids is 1. The van der Waals surface area contributed by atoms with E-state index in [1.54, 1.807) is 0 Å². The topological polar surface area (TPSA) is 57.5 Å². The van der Waals surface area contributed by atoms with E-state index in [1.807, 2.05) is 24.3 Å². The number of aliphatic hydroxyl groups is 1. The number of hydrogen-bond acceptors (Lipinski definition) is 2. The fourth-order valence-corrected chi connectivity index (χ4v) is 2.68. The van der Waals surface area contributed by atoms with Crippen LogP contribution < -0.4 is 0 Å². The molecule has 2 N–H and O–H groups in total. The Hall–Kier alpha value is -1.35. The summed E-state index contributed by atoms with van der Waals surface area (Å²) in [4.78, 5) is 10.9. The highest BCUT2D eigenvalue weighted by Gasteiger charge is 2.36. The minimum Gasteiger partial charge on any atom is -0.481 e. The highest BCUT2D eigenvalue weighted by molar-refractivity contribution is 5.70. The van der Waals surface area contributed by atoms with Crippen LogP contribution in [-0.4, -0.2) is 16.2 Å². The smallest absolute Gasteiger partial charge is 0.306 e. The first kappa shape index (κ1) is 13.1. The molecule has 0 aromatic heterocycles. The van der Waals surface area contributed by atoms with Gasteiger partial charge in [-0.1, -0.05) is 31.2 Å². The maximum Gasteiger partial charge on any atom is 0.306 e. The first-order valence-electron chi connectivity index (χ1n) is 6.60. The van der Waals surface area contributed by atoms with Gasteiger partial charge in [0.1, 0.15) is 0 Å². The molecule has 1 fully saturated rings. The van der Waals surface area contributed by atoms with E-state index in [9.17, 15) is 9.90 Å². The fraction of sp³-hybridized carbons (Fsp3) is 0.533. The third-order valence-electron chi connectivity index (χ3n) is 4.06. The average Bonchev–Trinajstić information content (AvgIpc) is 2.39. The number of carbonyl (C=O) groups is 1. The van der Waals surface area contributed by atoms with Crippen molar-refractivity contribution in [3.8, 4) is 0 Å². The van der Waals surface area contributed by atoms with Crippen LogP contribution in [0.15, 0.2) is 24.3 Å². The average molecular weight is 248 g/mol. The van der Waals surface area contributed by atoms with E-state index in [0.29, 0.717) is 25.7 Å². The van der Waals surface area contributed by atoms with Gasteiger partial charge in [-0.15, -0.1) is 0 Å². The SMILES string of the molecule is CCc1ccc(C2(O)CCC(C(=O)O)CC2)cc1. The lowest BCUT2D eigenvalue weighted by atomic mass is 9.75. The van der Waals surface area contributed by atoms with E-state index in [-0.39, 0.29) is 5.92 Å². The van der Waals surface area contributed by atoms with Gasteiger partial charge in [-0.05, 0) is 43.2 Å². The number of benzene rings is 1. The summed E-state index contributed by atoms with van der Waals surface area (Å²) in [5, 5.41) is 19.6. The quantitative estimate of drug-likeness (QED) is 0.864. The standard InChI is InChI=1S/C15H20O3/c1-2-11-3-5-13(6-4-11)15(18)9-7-12(8-10-15)14(16)17/h3-6,12,18H,2,7-10H2,1H3,(H,16,17). The summed E-state index contributed by atoms with van der Waals surface area (Å²) in [5.74, 6) is -1.03. The molecule has 0 saturated heterocycles. The Morgan fingerprint density at radius 2 is 1.83 bits per heavy atom. The predicted molar refractivity (Wildman–Crippen MR) is 69.3 cm³/mol. The van der Waals surface area contributed by atoms with Crippen molar-refractivity contribution in [3.63, 3.8) is 0 Å². The Kier molecular flexibility index (Phi) is 3.71. The third kappa shape index (κ3) is 2.56. The number of hydrogen-bond donors (Lipinski definition) is 2. The van der Waals surface area contributed by atoms with Gasteiger partial charge >= 0.3 is 5.97 Å². The van der Waals surface area contributed by atoms with Gasteiger partial charge in [0.25, 0.3) is 0 Å². The van der Waals surface area contributed by atoms with Crippen LogP contribution in [0.5, 0.6) is 0 Å². The van der Waals surface area contributed by atoms with E-state index in [1.165, 1.54) is 5.56 Å². The minimum absolute atomic E-state index is 0.291. The highest BCUT2D eigenvalue weighted by Crippen LogP contribution is 2.39. The Morgan fingerprint density at radius 3 is 2.28 bits per heavy atom. The van der Waals surface area contributed by atoms with E-state index in [0.717, 1.165) is 12.0 Å². The second-order valence-electron chi connectivity index (χ2n) is 5.19. The third-order valence-corrected chi connectivity index (χ3v) is 4.06. The lowest BCUT2D eigenvalue weighted by molar-refractivity contribution is -0.145. The van der Waals surface area contributed by atoms with Gasteiger partial charge in [0, 0.05) is 0 Å². The normalized spacial score (nSPS) is 28.0. The van der Waals surface area contributed by atoms with Crippen LogP contribution in [0.3, 0.4) is 0 Å². The van der Waals surface area contributed by atoms with Crippen molar-refractivity contribution in [2.75, 3.05) is 0 Å². The largest absolute Gasteiger partial charge is 0.481 e. The van der Waals surface area contributed by atoms with E-state index in [4.69, 9.17) is 5.11 Å². The summed E-state index contributed by atoms with van der Waals surface area (Å²) in [6, 6.07) is 8.02. The molecule has 0 heterocycles. The fourth-order valence-electron chi connectivity index (χ4n) is 2.68. The van der Waals surface area contributed by atoms with Crippen LogP contribution in [0.25, 0.3) is 0 Å². The molecule has 3 nitrogen and oxygen atoms in total. The van der Waals surface area contributed by atoms with Crippen LogP contribution in [0.4, 0.5) is 0 Å². The monoisotopic (exact) mass is 248 g/mol. The van der Waals surface area contributed by atoms with Gasteiger partial charge in [0.2, 0.25) is 0 Å². The summed E-state index contributed by atoms with van der Waals surface area (Å²) in [6.07, 6.45) is 3.17. The maximum atomic E-state index is 10.9. The van der Waals surface area contributed by atoms with Gasteiger partial charge in [-0.3, -0.25) is 4.79 Å². The Labute approximate surface area is 107 Å². The first-order valence-corrected chi connectivity index (χ1v) is 6.60. The van der Waals surface area contributed by atoms with Crippen molar-refractivity contribution >= 4 is 5.97 Å². The molecule has 1 aromatic carbocycles. The zero-order valence-corrected chi connectivity index (χ0v) is 10.7. The molecule has 1 aliphatic carbocycles. The Morgan fingerprint density at radius 1 is 1.28 bits per heavy atom. The lowest BCUT2D eigenvalue weighted by Gasteiger charge is -2.35. The van der Waals surface area contributed by atoms with Crippen molar-refractivity contribution in [3.05, 3.63) is 35.4 Å². The molecular formula is C15H20O3. The molecule has 0 aliphatic heterocycles. The van der Waals surface area contributed by atoms with Crippen LogP contribution >= 0.6 is 0 Å². The van der Waals surface area contributed by atoms with Gasteiger partial charge in [-0.25, -0.2) is 0 Å². The van der Waals surface area contributed by atoms with Gasteiger partial charge in [0.05, 0.1) is 11.5 Å².